The Morgan fingerprint density at radius 3 is 2.94 bits per heavy atom. The smallest absolute Gasteiger partial charge is 0.255 e. The zero-order valence-electron chi connectivity index (χ0n) is 9.28. The second kappa shape index (κ2) is 5.09. The topological polar surface area (TPSA) is 77.2 Å². The van der Waals surface area contributed by atoms with Gasteiger partial charge in [-0.3, -0.25) is 4.79 Å². The fourth-order valence-electron chi connectivity index (χ4n) is 1.74. The molecule has 0 spiro atoms. The third-order valence-electron chi connectivity index (χ3n) is 2.69. The highest BCUT2D eigenvalue weighted by Crippen LogP contribution is 2.12. The maximum atomic E-state index is 13.0. The van der Waals surface area contributed by atoms with Crippen LogP contribution in [0.5, 0.6) is 0 Å². The Labute approximate surface area is 98.2 Å². The molecule has 0 atom stereocenters. The minimum absolute atomic E-state index is 0.0379. The van der Waals surface area contributed by atoms with Crippen molar-refractivity contribution in [3.05, 3.63) is 23.6 Å². The number of nitrogens with two attached hydrogens (primary N) is 1. The molecule has 1 aliphatic heterocycles. The number of hydrogen-bond acceptors (Lipinski definition) is 4. The highest BCUT2D eigenvalue weighted by atomic mass is 19.1. The molecule has 2 heterocycles. The van der Waals surface area contributed by atoms with Crippen LogP contribution in [0.25, 0.3) is 0 Å². The minimum Gasteiger partial charge on any atom is -0.383 e. The Kier molecular flexibility index (Phi) is 3.53. The Hall–Kier alpha value is -1.69. The van der Waals surface area contributed by atoms with Crippen LogP contribution >= 0.6 is 0 Å². The van der Waals surface area contributed by atoms with Gasteiger partial charge < -0.3 is 15.8 Å². The molecule has 1 amide bonds. The van der Waals surface area contributed by atoms with Crippen LogP contribution in [0.3, 0.4) is 0 Å². The van der Waals surface area contributed by atoms with Crippen molar-refractivity contribution >= 4 is 11.7 Å². The number of nitrogens with one attached hydrogen (secondary N) is 1. The van der Waals surface area contributed by atoms with E-state index in [1.807, 2.05) is 0 Å². The van der Waals surface area contributed by atoms with Crippen molar-refractivity contribution in [2.24, 2.45) is 0 Å². The normalized spacial score (nSPS) is 16.8. The van der Waals surface area contributed by atoms with E-state index >= 15 is 0 Å². The van der Waals surface area contributed by atoms with Crippen LogP contribution < -0.4 is 11.1 Å². The zero-order chi connectivity index (χ0) is 12.3. The first-order chi connectivity index (χ1) is 8.16. The number of carbonyl (C=O) groups is 1. The lowest BCUT2D eigenvalue weighted by atomic mass is 10.1. The van der Waals surface area contributed by atoms with Crippen LogP contribution in [0.2, 0.25) is 0 Å². The van der Waals surface area contributed by atoms with Crippen molar-refractivity contribution < 1.29 is 13.9 Å². The number of hydrogen-bond donors (Lipinski definition) is 2. The van der Waals surface area contributed by atoms with Crippen LogP contribution in [0.1, 0.15) is 23.2 Å². The van der Waals surface area contributed by atoms with E-state index in [9.17, 15) is 9.18 Å². The van der Waals surface area contributed by atoms with Gasteiger partial charge in [-0.25, -0.2) is 9.37 Å². The standard InChI is InChI=1S/C11H14FN3O2/c12-7-5-9(10(13)14-6-7)11(16)15-8-1-3-17-4-2-8/h5-6,8H,1-4H2,(H2,13,14)(H,15,16). The number of ether oxygens (including phenoxy) is 1. The molecule has 2 rings (SSSR count). The number of nitrogen functional groups attached to an aromatic ring is 1. The molecule has 1 aromatic heterocycles. The van der Waals surface area contributed by atoms with E-state index in [4.69, 9.17) is 10.5 Å². The van der Waals surface area contributed by atoms with E-state index in [-0.39, 0.29) is 23.3 Å². The van der Waals surface area contributed by atoms with Gasteiger partial charge in [-0.05, 0) is 18.9 Å². The lowest BCUT2D eigenvalue weighted by Crippen LogP contribution is -2.39. The average molecular weight is 239 g/mol. The van der Waals surface area contributed by atoms with Gasteiger partial charge in [0.05, 0.1) is 11.8 Å². The van der Waals surface area contributed by atoms with Crippen molar-refractivity contribution in [1.29, 1.82) is 0 Å². The molecule has 1 aliphatic rings. The van der Waals surface area contributed by atoms with Gasteiger partial charge in [0.15, 0.2) is 0 Å². The van der Waals surface area contributed by atoms with Crippen LogP contribution in [0.15, 0.2) is 12.3 Å². The first-order valence-electron chi connectivity index (χ1n) is 5.46. The van der Waals surface area contributed by atoms with Crippen molar-refractivity contribution in [3.63, 3.8) is 0 Å². The highest BCUT2D eigenvalue weighted by Gasteiger charge is 2.19. The van der Waals surface area contributed by atoms with E-state index in [2.05, 4.69) is 10.3 Å². The number of carbonyl (C=O) groups excluding carboxylic acids is 1. The molecule has 3 N–H and O–H groups in total. The first kappa shape index (κ1) is 11.8. The molecule has 0 bridgehead atoms. The third kappa shape index (κ3) is 2.91. The predicted octanol–water partition coefficient (Wildman–Crippen LogP) is 0.712. The average Bonchev–Trinajstić information content (AvgIpc) is 2.33. The fraction of sp³-hybridized carbons (Fsp3) is 0.455. The van der Waals surface area contributed by atoms with Gasteiger partial charge in [0, 0.05) is 19.3 Å². The third-order valence-corrected chi connectivity index (χ3v) is 2.69. The minimum atomic E-state index is -0.573. The number of nitrogens with zero attached hydrogens (tertiary/aromatic N) is 1. The summed E-state index contributed by atoms with van der Waals surface area (Å²) >= 11 is 0. The molecule has 92 valence electrons. The van der Waals surface area contributed by atoms with Gasteiger partial charge in [-0.15, -0.1) is 0 Å². The highest BCUT2D eigenvalue weighted by molar-refractivity contribution is 5.98. The SMILES string of the molecule is Nc1ncc(F)cc1C(=O)NC1CCOCC1. The lowest BCUT2D eigenvalue weighted by molar-refractivity contribution is 0.0696. The molecule has 0 aliphatic carbocycles. The number of halogens is 1. The lowest BCUT2D eigenvalue weighted by Gasteiger charge is -2.23. The van der Waals surface area contributed by atoms with Crippen LogP contribution in [-0.2, 0) is 4.74 Å². The Morgan fingerprint density at radius 2 is 2.24 bits per heavy atom. The number of amides is 1. The second-order valence-corrected chi connectivity index (χ2v) is 3.95. The summed E-state index contributed by atoms with van der Waals surface area (Å²) in [4.78, 5) is 15.5. The Balaban J connectivity index is 2.05. The van der Waals surface area contributed by atoms with Crippen LogP contribution in [-0.4, -0.2) is 30.1 Å². The first-order valence-corrected chi connectivity index (χ1v) is 5.46. The van der Waals surface area contributed by atoms with Crippen LogP contribution in [0.4, 0.5) is 10.2 Å². The van der Waals surface area contributed by atoms with Crippen molar-refractivity contribution in [1.82, 2.24) is 10.3 Å². The summed E-state index contributed by atoms with van der Waals surface area (Å²) in [7, 11) is 0. The Bertz CT molecular complexity index is 419. The van der Waals surface area contributed by atoms with E-state index in [1.165, 1.54) is 0 Å². The number of pyridine rings is 1. The van der Waals surface area contributed by atoms with E-state index in [0.717, 1.165) is 25.1 Å². The van der Waals surface area contributed by atoms with Gasteiger partial charge in [-0.2, -0.15) is 0 Å². The Morgan fingerprint density at radius 1 is 1.53 bits per heavy atom. The largest absolute Gasteiger partial charge is 0.383 e. The van der Waals surface area contributed by atoms with E-state index < -0.39 is 5.82 Å². The summed E-state index contributed by atoms with van der Waals surface area (Å²) in [6.07, 6.45) is 2.50. The monoisotopic (exact) mass is 239 g/mol. The zero-order valence-corrected chi connectivity index (χ0v) is 9.28. The maximum absolute atomic E-state index is 13.0. The molecule has 0 saturated carbocycles. The van der Waals surface area contributed by atoms with Gasteiger partial charge in [0.1, 0.15) is 11.6 Å². The van der Waals surface area contributed by atoms with Crippen molar-refractivity contribution in [2.45, 2.75) is 18.9 Å². The predicted molar refractivity (Wildman–Crippen MR) is 59.9 cm³/mol. The molecular formula is C11H14FN3O2. The summed E-state index contributed by atoms with van der Waals surface area (Å²) in [6, 6.07) is 1.15. The van der Waals surface area contributed by atoms with Gasteiger partial charge in [0.25, 0.3) is 5.91 Å². The van der Waals surface area contributed by atoms with E-state index in [1.54, 1.807) is 0 Å². The van der Waals surface area contributed by atoms with Gasteiger partial charge >= 0.3 is 0 Å². The van der Waals surface area contributed by atoms with E-state index in [0.29, 0.717) is 13.2 Å². The number of rotatable bonds is 2. The summed E-state index contributed by atoms with van der Waals surface area (Å²) in [5.41, 5.74) is 5.61. The molecule has 6 heteroatoms. The van der Waals surface area contributed by atoms with Gasteiger partial charge in [-0.1, -0.05) is 0 Å². The van der Waals surface area contributed by atoms with Crippen molar-refractivity contribution in [2.75, 3.05) is 18.9 Å². The molecule has 0 unspecified atom stereocenters. The summed E-state index contributed by atoms with van der Waals surface area (Å²) in [6.45, 7) is 1.25. The molecule has 17 heavy (non-hydrogen) atoms. The van der Waals surface area contributed by atoms with Gasteiger partial charge in [0.2, 0.25) is 0 Å². The van der Waals surface area contributed by atoms with Crippen LogP contribution in [0, 0.1) is 5.82 Å². The molecule has 1 fully saturated rings. The molecule has 1 aromatic rings. The molecule has 5 nitrogen and oxygen atoms in total. The molecular weight excluding hydrogens is 225 g/mol. The maximum Gasteiger partial charge on any atom is 0.255 e. The fourth-order valence-corrected chi connectivity index (χ4v) is 1.74. The summed E-state index contributed by atoms with van der Waals surface area (Å²) in [5, 5.41) is 2.80. The summed E-state index contributed by atoms with van der Waals surface area (Å²) < 4.78 is 18.1. The van der Waals surface area contributed by atoms with Crippen molar-refractivity contribution in [3.8, 4) is 0 Å². The quantitative estimate of drug-likeness (QED) is 0.796. The number of aromatic nitrogens is 1. The summed E-state index contributed by atoms with van der Waals surface area (Å²) in [5.74, 6) is -0.923. The second-order valence-electron chi connectivity index (χ2n) is 3.95. The molecule has 0 radical (unpaired) electrons. The molecule has 1 saturated heterocycles. The molecule has 0 aromatic carbocycles. The number of anilines is 1.